The maximum absolute atomic E-state index is 12.4. The normalized spacial score (nSPS) is 30.2. The number of nitrogens with zero attached hydrogens (tertiary/aromatic N) is 1. The second-order valence-corrected chi connectivity index (χ2v) is 8.27. The molecule has 0 aromatic heterocycles. The summed E-state index contributed by atoms with van der Waals surface area (Å²) < 4.78 is 29.1. The van der Waals surface area contributed by atoms with Gasteiger partial charge in [0.2, 0.25) is 0 Å². The van der Waals surface area contributed by atoms with Gasteiger partial charge in [0.1, 0.15) is 5.78 Å². The van der Waals surface area contributed by atoms with Crippen LogP contribution in [0.3, 0.4) is 0 Å². The molecule has 2 atom stereocenters. The molecule has 1 heterocycles. The van der Waals surface area contributed by atoms with Gasteiger partial charge in [-0.25, -0.2) is 0 Å². The van der Waals surface area contributed by atoms with Gasteiger partial charge in [0, 0.05) is 30.5 Å². The van der Waals surface area contributed by atoms with E-state index in [0.717, 1.165) is 25.7 Å². The van der Waals surface area contributed by atoms with Crippen molar-refractivity contribution in [3.8, 4) is 0 Å². The molecule has 6 heteroatoms. The highest BCUT2D eigenvalue weighted by Gasteiger charge is 2.43. The Morgan fingerprint density at radius 3 is 2.42 bits per heavy atom. The van der Waals surface area contributed by atoms with E-state index in [0.29, 0.717) is 13.0 Å². The molecule has 19 heavy (non-hydrogen) atoms. The van der Waals surface area contributed by atoms with Gasteiger partial charge in [-0.05, 0) is 46.5 Å². The van der Waals surface area contributed by atoms with Gasteiger partial charge < -0.3 is 0 Å². The van der Waals surface area contributed by atoms with Crippen LogP contribution in [0.15, 0.2) is 0 Å². The summed E-state index contributed by atoms with van der Waals surface area (Å²) in [5, 5.41) is 0. The molecular formula is C13H24N2O3S. The Morgan fingerprint density at radius 1 is 1.21 bits per heavy atom. The third-order valence-corrected chi connectivity index (χ3v) is 5.75. The Hall–Kier alpha value is -0.460. The van der Waals surface area contributed by atoms with Crippen molar-refractivity contribution in [2.24, 2.45) is 5.92 Å². The minimum Gasteiger partial charge on any atom is -0.299 e. The minimum atomic E-state index is -3.50. The van der Waals surface area contributed by atoms with E-state index in [-0.39, 0.29) is 17.7 Å². The average molecular weight is 288 g/mol. The van der Waals surface area contributed by atoms with Crippen LogP contribution in [-0.4, -0.2) is 36.6 Å². The van der Waals surface area contributed by atoms with Gasteiger partial charge in [0.05, 0.1) is 0 Å². The lowest BCUT2D eigenvalue weighted by Gasteiger charge is -2.31. The van der Waals surface area contributed by atoms with Gasteiger partial charge in [0.25, 0.3) is 10.2 Å². The summed E-state index contributed by atoms with van der Waals surface area (Å²) in [6.07, 6.45) is 4.01. The highest BCUT2D eigenvalue weighted by atomic mass is 32.2. The lowest BCUT2D eigenvalue weighted by atomic mass is 9.96. The molecule has 0 aromatic rings. The van der Waals surface area contributed by atoms with Gasteiger partial charge in [-0.3, -0.25) is 4.79 Å². The number of hydrogen-bond donors (Lipinski definition) is 1. The molecule has 0 amide bonds. The lowest BCUT2D eigenvalue weighted by Crippen LogP contribution is -2.52. The standard InChI is InChI=1S/C13H24N2O3S/c1-13(2,3)14-19(17,18)15-9-5-7-11(15)10-6-4-8-12(10)16/h10-11,14H,4-9H2,1-3H3. The topological polar surface area (TPSA) is 66.5 Å². The van der Waals surface area contributed by atoms with Crippen LogP contribution in [0.4, 0.5) is 0 Å². The molecule has 2 fully saturated rings. The molecule has 0 radical (unpaired) electrons. The van der Waals surface area contributed by atoms with E-state index < -0.39 is 15.7 Å². The first kappa shape index (κ1) is 14.9. The molecular weight excluding hydrogens is 264 g/mol. The predicted octanol–water partition coefficient (Wildman–Crippen LogP) is 1.45. The number of carbonyl (C=O) groups is 1. The zero-order chi connectivity index (χ0) is 14.3. The van der Waals surface area contributed by atoms with E-state index in [4.69, 9.17) is 0 Å². The lowest BCUT2D eigenvalue weighted by molar-refractivity contribution is -0.121. The van der Waals surface area contributed by atoms with Gasteiger partial charge in [-0.15, -0.1) is 0 Å². The van der Waals surface area contributed by atoms with Crippen LogP contribution in [0.1, 0.15) is 52.9 Å². The molecule has 1 N–H and O–H groups in total. The van der Waals surface area contributed by atoms with Crippen LogP contribution in [0.5, 0.6) is 0 Å². The van der Waals surface area contributed by atoms with E-state index in [1.807, 2.05) is 20.8 Å². The van der Waals surface area contributed by atoms with Crippen LogP contribution in [-0.2, 0) is 15.0 Å². The second kappa shape index (κ2) is 5.14. The number of ketones is 1. The van der Waals surface area contributed by atoms with Crippen molar-refractivity contribution in [1.29, 1.82) is 0 Å². The number of carbonyl (C=O) groups excluding carboxylic acids is 1. The first-order valence-electron chi connectivity index (χ1n) is 7.04. The third kappa shape index (κ3) is 3.35. The van der Waals surface area contributed by atoms with Crippen molar-refractivity contribution < 1.29 is 13.2 Å². The van der Waals surface area contributed by atoms with Gasteiger partial charge in [-0.1, -0.05) is 0 Å². The molecule has 2 aliphatic rings. The molecule has 0 aromatic carbocycles. The average Bonchev–Trinajstić information content (AvgIpc) is 2.80. The Bertz CT molecular complexity index is 453. The number of hydrogen-bond acceptors (Lipinski definition) is 3. The van der Waals surface area contributed by atoms with Crippen LogP contribution < -0.4 is 4.72 Å². The van der Waals surface area contributed by atoms with E-state index in [1.165, 1.54) is 4.31 Å². The van der Waals surface area contributed by atoms with Crippen LogP contribution in [0.25, 0.3) is 0 Å². The fourth-order valence-electron chi connectivity index (χ4n) is 3.16. The van der Waals surface area contributed by atoms with E-state index in [9.17, 15) is 13.2 Å². The third-order valence-electron chi connectivity index (χ3n) is 3.81. The quantitative estimate of drug-likeness (QED) is 0.855. The summed E-state index contributed by atoms with van der Waals surface area (Å²) in [6, 6.07) is -0.130. The zero-order valence-electron chi connectivity index (χ0n) is 12.0. The summed E-state index contributed by atoms with van der Waals surface area (Å²) in [5.41, 5.74) is -0.494. The largest absolute Gasteiger partial charge is 0.299 e. The highest BCUT2D eigenvalue weighted by Crippen LogP contribution is 2.34. The number of rotatable bonds is 3. The molecule has 0 bridgehead atoms. The smallest absolute Gasteiger partial charge is 0.280 e. The maximum Gasteiger partial charge on any atom is 0.280 e. The maximum atomic E-state index is 12.4. The molecule has 110 valence electrons. The van der Waals surface area contributed by atoms with Crippen molar-refractivity contribution in [3.05, 3.63) is 0 Å². The molecule has 2 unspecified atom stereocenters. The summed E-state index contributed by atoms with van der Waals surface area (Å²) in [7, 11) is -3.50. The Kier molecular flexibility index (Phi) is 4.05. The Labute approximate surface area is 115 Å². The minimum absolute atomic E-state index is 0.0842. The second-order valence-electron chi connectivity index (χ2n) is 6.64. The number of nitrogens with one attached hydrogen (secondary N) is 1. The van der Waals surface area contributed by atoms with E-state index in [2.05, 4.69) is 4.72 Å². The van der Waals surface area contributed by atoms with E-state index >= 15 is 0 Å². The molecule has 1 aliphatic heterocycles. The molecule has 1 aliphatic carbocycles. The highest BCUT2D eigenvalue weighted by molar-refractivity contribution is 7.87. The summed E-state index contributed by atoms with van der Waals surface area (Å²) in [5.74, 6) is 0.155. The molecule has 1 saturated carbocycles. The molecule has 0 spiro atoms. The van der Waals surface area contributed by atoms with Crippen molar-refractivity contribution in [3.63, 3.8) is 0 Å². The van der Waals surface area contributed by atoms with Crippen molar-refractivity contribution in [2.45, 2.75) is 64.5 Å². The van der Waals surface area contributed by atoms with Gasteiger partial charge >= 0.3 is 0 Å². The number of Topliss-reactive ketones (excluding diaryl/α,β-unsaturated/α-hetero) is 1. The fraction of sp³-hybridized carbons (Fsp3) is 0.923. The molecule has 1 saturated heterocycles. The predicted molar refractivity (Wildman–Crippen MR) is 73.9 cm³/mol. The Balaban J connectivity index is 2.16. The van der Waals surface area contributed by atoms with Crippen molar-refractivity contribution in [1.82, 2.24) is 9.03 Å². The summed E-state index contributed by atoms with van der Waals surface area (Å²) >= 11 is 0. The first-order chi connectivity index (χ1) is 8.71. The first-order valence-corrected chi connectivity index (χ1v) is 8.48. The van der Waals surface area contributed by atoms with Crippen LogP contribution in [0.2, 0.25) is 0 Å². The van der Waals surface area contributed by atoms with Gasteiger partial charge in [0.15, 0.2) is 0 Å². The fourth-order valence-corrected chi connectivity index (χ4v) is 5.03. The van der Waals surface area contributed by atoms with Gasteiger partial charge in [-0.2, -0.15) is 17.4 Å². The van der Waals surface area contributed by atoms with Crippen LogP contribution >= 0.6 is 0 Å². The van der Waals surface area contributed by atoms with Crippen LogP contribution in [0, 0.1) is 5.92 Å². The van der Waals surface area contributed by atoms with Crippen molar-refractivity contribution in [2.75, 3.05) is 6.54 Å². The SMILES string of the molecule is CC(C)(C)NS(=O)(=O)N1CCCC1C1CCCC1=O. The summed E-state index contributed by atoms with van der Waals surface area (Å²) in [4.78, 5) is 11.9. The molecule has 2 rings (SSSR count). The Morgan fingerprint density at radius 2 is 1.89 bits per heavy atom. The van der Waals surface area contributed by atoms with E-state index in [1.54, 1.807) is 0 Å². The summed E-state index contributed by atoms with van der Waals surface area (Å²) in [6.45, 7) is 6.02. The zero-order valence-corrected chi connectivity index (χ0v) is 12.8. The molecule has 5 nitrogen and oxygen atoms in total. The van der Waals surface area contributed by atoms with Crippen molar-refractivity contribution >= 4 is 16.0 Å². The monoisotopic (exact) mass is 288 g/mol.